The van der Waals surface area contributed by atoms with Gasteiger partial charge < -0.3 is 4.57 Å². The fourth-order valence-electron chi connectivity index (χ4n) is 3.70. The van der Waals surface area contributed by atoms with Gasteiger partial charge in [-0.3, -0.25) is 4.98 Å². The maximum absolute atomic E-state index is 5.65. The molecule has 0 saturated carbocycles. The van der Waals surface area contributed by atoms with Gasteiger partial charge >= 0.3 is 0 Å². The van der Waals surface area contributed by atoms with Crippen LogP contribution in [0.25, 0.3) is 29.5 Å². The van der Waals surface area contributed by atoms with Crippen molar-refractivity contribution in [3.63, 3.8) is 0 Å². The summed E-state index contributed by atoms with van der Waals surface area (Å²) in [5.41, 5.74) is 7.44. The van der Waals surface area contributed by atoms with Gasteiger partial charge in [0.25, 0.3) is 0 Å². The summed E-state index contributed by atoms with van der Waals surface area (Å²) in [6, 6.07) is 10.5. The summed E-state index contributed by atoms with van der Waals surface area (Å²) < 4.78 is 2.19. The molecule has 2 nitrogen and oxygen atoms in total. The van der Waals surface area contributed by atoms with Crippen LogP contribution in [-0.4, -0.2) is 9.55 Å². The predicted octanol–water partition coefficient (Wildman–Crippen LogP) is 4.40. The summed E-state index contributed by atoms with van der Waals surface area (Å²) in [5.74, 6) is 2.76. The molecule has 0 atom stereocenters. The first-order chi connectivity index (χ1) is 14.0. The summed E-state index contributed by atoms with van der Waals surface area (Å²) in [4.78, 5) is 4.25. The number of hydrogen-bond donors (Lipinski definition) is 0. The smallest absolute Gasteiger partial charge is 0.0504 e. The molecule has 1 aromatic carbocycles. The lowest BCUT2D eigenvalue weighted by atomic mass is 9.95. The number of aromatic nitrogens is 2. The minimum Gasteiger partial charge on any atom is -0.344 e. The van der Waals surface area contributed by atoms with Crippen molar-refractivity contribution in [2.45, 2.75) is 20.3 Å². The van der Waals surface area contributed by atoms with Gasteiger partial charge in [-0.15, -0.1) is 6.42 Å². The molecule has 0 unspecified atom stereocenters. The van der Waals surface area contributed by atoms with Crippen molar-refractivity contribution in [1.29, 1.82) is 0 Å². The van der Waals surface area contributed by atoms with E-state index in [1.165, 1.54) is 10.8 Å². The van der Waals surface area contributed by atoms with Gasteiger partial charge in [-0.2, -0.15) is 0 Å². The summed E-state index contributed by atoms with van der Waals surface area (Å²) in [6.45, 7) is 12.3. The fraction of sp³-hybridized carbons (Fsp3) is 0.148. The first-order valence-electron chi connectivity index (χ1n) is 9.63. The molecule has 0 aliphatic rings. The molecule has 3 rings (SSSR count). The van der Waals surface area contributed by atoms with Gasteiger partial charge in [0.1, 0.15) is 0 Å². The number of pyridine rings is 1. The molecule has 0 radical (unpaired) electrons. The normalized spacial score (nSPS) is 12.1. The Kier molecular flexibility index (Phi) is 6.00. The Morgan fingerprint density at radius 2 is 2.10 bits per heavy atom. The molecule has 2 heterocycles. The van der Waals surface area contributed by atoms with E-state index in [1.54, 1.807) is 6.20 Å². The number of rotatable bonds is 5. The molecule has 2 heteroatoms. The summed E-state index contributed by atoms with van der Waals surface area (Å²) in [6.07, 6.45) is 16.2. The molecule has 0 amide bonds. The van der Waals surface area contributed by atoms with Gasteiger partial charge in [-0.25, -0.2) is 0 Å². The van der Waals surface area contributed by atoms with Crippen molar-refractivity contribution in [2.75, 3.05) is 0 Å². The minimum absolute atomic E-state index is 0.753. The highest BCUT2D eigenvalue weighted by Crippen LogP contribution is 2.20. The van der Waals surface area contributed by atoms with E-state index in [0.29, 0.717) is 0 Å². The van der Waals surface area contributed by atoms with E-state index >= 15 is 0 Å². The van der Waals surface area contributed by atoms with Crippen LogP contribution in [0.15, 0.2) is 61.5 Å². The molecule has 0 fully saturated rings. The first kappa shape index (κ1) is 20.2. The summed E-state index contributed by atoms with van der Waals surface area (Å²) >= 11 is 0. The van der Waals surface area contributed by atoms with Gasteiger partial charge in [0.15, 0.2) is 0 Å². The third kappa shape index (κ3) is 4.15. The van der Waals surface area contributed by atoms with Crippen LogP contribution >= 0.6 is 0 Å². The van der Waals surface area contributed by atoms with Crippen LogP contribution in [0.4, 0.5) is 0 Å². The fourth-order valence-corrected chi connectivity index (χ4v) is 3.70. The van der Waals surface area contributed by atoms with Crippen molar-refractivity contribution < 1.29 is 0 Å². The number of aryl methyl sites for hydroxylation is 1. The van der Waals surface area contributed by atoms with Crippen molar-refractivity contribution >= 4 is 18.2 Å². The Labute approximate surface area is 173 Å². The Balaban J connectivity index is 2.01. The number of allylic oxidation sites excluding steroid dienone is 1. The van der Waals surface area contributed by atoms with Crippen LogP contribution in [0.5, 0.6) is 0 Å². The number of terminal acetylenes is 1. The van der Waals surface area contributed by atoms with Crippen LogP contribution in [-0.2, 0) is 13.5 Å². The third-order valence-corrected chi connectivity index (χ3v) is 5.14. The maximum Gasteiger partial charge on any atom is 0.0504 e. The quantitative estimate of drug-likeness (QED) is 0.602. The molecule has 0 spiro atoms. The van der Waals surface area contributed by atoms with Crippen molar-refractivity contribution in [1.82, 2.24) is 9.55 Å². The number of benzene rings is 1. The van der Waals surface area contributed by atoms with Gasteiger partial charge in [0, 0.05) is 35.9 Å². The van der Waals surface area contributed by atoms with Crippen molar-refractivity contribution in [3.8, 4) is 23.6 Å². The second-order valence-corrected chi connectivity index (χ2v) is 7.16. The monoisotopic (exact) mass is 378 g/mol. The van der Waals surface area contributed by atoms with Gasteiger partial charge in [-0.1, -0.05) is 43.4 Å². The van der Waals surface area contributed by atoms with Crippen LogP contribution in [0, 0.1) is 19.3 Å². The zero-order valence-electron chi connectivity index (χ0n) is 17.4. The SMILES string of the molecule is C#Cc1c(C)cc(CC(=C)/C=c2\c(=C/C)cc(-c3cccnc3)n2C)cc1C=C. The molecule has 0 aliphatic heterocycles. The van der Waals surface area contributed by atoms with E-state index in [0.717, 1.165) is 45.3 Å². The van der Waals surface area contributed by atoms with Crippen LogP contribution in [0.3, 0.4) is 0 Å². The number of hydrogen-bond acceptors (Lipinski definition) is 1. The molecule has 2 aromatic heterocycles. The molecular weight excluding hydrogens is 352 g/mol. The molecular formula is C27H26N2. The lowest BCUT2D eigenvalue weighted by molar-refractivity contribution is 0.895. The van der Waals surface area contributed by atoms with E-state index < -0.39 is 0 Å². The lowest BCUT2D eigenvalue weighted by Gasteiger charge is -2.09. The van der Waals surface area contributed by atoms with E-state index in [-0.39, 0.29) is 0 Å². The Morgan fingerprint density at radius 3 is 2.72 bits per heavy atom. The second kappa shape index (κ2) is 8.63. The zero-order valence-corrected chi connectivity index (χ0v) is 17.4. The Hall–Kier alpha value is -3.57. The molecule has 0 N–H and O–H groups in total. The molecule has 144 valence electrons. The van der Waals surface area contributed by atoms with E-state index in [1.807, 2.05) is 25.3 Å². The van der Waals surface area contributed by atoms with E-state index in [4.69, 9.17) is 6.42 Å². The van der Waals surface area contributed by atoms with Crippen molar-refractivity contribution in [2.24, 2.45) is 7.05 Å². The summed E-state index contributed by atoms with van der Waals surface area (Å²) in [5, 5.41) is 2.32. The first-order valence-corrected chi connectivity index (χ1v) is 9.63. The maximum atomic E-state index is 5.65. The Bertz CT molecular complexity index is 1230. The van der Waals surface area contributed by atoms with E-state index in [9.17, 15) is 0 Å². The zero-order chi connectivity index (χ0) is 21.0. The predicted molar refractivity (Wildman–Crippen MR) is 125 cm³/mol. The van der Waals surface area contributed by atoms with Crippen LogP contribution < -0.4 is 10.6 Å². The Morgan fingerprint density at radius 1 is 1.31 bits per heavy atom. The molecule has 0 aliphatic carbocycles. The largest absolute Gasteiger partial charge is 0.344 e. The molecule has 3 aromatic rings. The average Bonchev–Trinajstić information content (AvgIpc) is 3.03. The minimum atomic E-state index is 0.753. The molecule has 0 saturated heterocycles. The van der Waals surface area contributed by atoms with Gasteiger partial charge in [0.2, 0.25) is 0 Å². The van der Waals surface area contributed by atoms with Crippen LogP contribution in [0.1, 0.15) is 29.2 Å². The second-order valence-electron chi connectivity index (χ2n) is 7.16. The highest BCUT2D eigenvalue weighted by Gasteiger charge is 2.07. The summed E-state index contributed by atoms with van der Waals surface area (Å²) in [7, 11) is 2.08. The van der Waals surface area contributed by atoms with Crippen LogP contribution in [0.2, 0.25) is 0 Å². The highest BCUT2D eigenvalue weighted by molar-refractivity contribution is 5.63. The molecule has 0 bridgehead atoms. The van der Waals surface area contributed by atoms with Crippen molar-refractivity contribution in [3.05, 3.63) is 94.3 Å². The average molecular weight is 379 g/mol. The van der Waals surface area contributed by atoms with Gasteiger partial charge in [0.05, 0.1) is 5.69 Å². The van der Waals surface area contributed by atoms with E-state index in [2.05, 4.69) is 79.0 Å². The topological polar surface area (TPSA) is 17.8 Å². The lowest BCUT2D eigenvalue weighted by Crippen LogP contribution is -2.27. The molecule has 29 heavy (non-hydrogen) atoms. The highest BCUT2D eigenvalue weighted by atomic mass is 14.9. The standard InChI is InChI=1S/C27H26N2/c1-7-22-16-21(15-20(5)25(22)9-3)13-19(4)14-26-23(8-2)17-27(29(26)6)24-11-10-12-28-18-24/h3,7-8,10-12,14-18H,1,4,13H2,2,5-6H3/b23-8-,26-14+. The number of nitrogens with zero attached hydrogens (tertiary/aromatic N) is 2. The third-order valence-electron chi connectivity index (χ3n) is 5.14. The van der Waals surface area contributed by atoms with Gasteiger partial charge in [-0.05, 0) is 72.0 Å².